The van der Waals surface area contributed by atoms with Crippen LogP contribution in [-0.4, -0.2) is 44.2 Å². The number of methoxy groups -OCH3 is 1. The lowest BCUT2D eigenvalue weighted by atomic mass is 10.1. The van der Waals surface area contributed by atoms with Gasteiger partial charge in [0.15, 0.2) is 11.5 Å². The third kappa shape index (κ3) is 4.63. The highest BCUT2D eigenvalue weighted by atomic mass is 35.5. The zero-order valence-electron chi connectivity index (χ0n) is 16.5. The van der Waals surface area contributed by atoms with Gasteiger partial charge >= 0.3 is 0 Å². The van der Waals surface area contributed by atoms with E-state index >= 15 is 0 Å². The Morgan fingerprint density at radius 3 is 2.59 bits per heavy atom. The van der Waals surface area contributed by atoms with E-state index in [1.807, 2.05) is 30.3 Å². The minimum Gasteiger partial charge on any atom is -0.493 e. The molecule has 0 unspecified atom stereocenters. The molecule has 2 aliphatic heterocycles. The van der Waals surface area contributed by atoms with Crippen LogP contribution >= 0.6 is 24.0 Å². The predicted octanol–water partition coefficient (Wildman–Crippen LogP) is 4.80. The topological polar surface area (TPSA) is 42.0 Å². The van der Waals surface area contributed by atoms with Gasteiger partial charge in [-0.1, -0.05) is 30.2 Å². The predicted molar refractivity (Wildman–Crippen MR) is 118 cm³/mol. The number of hydrogen-bond donors (Lipinski definition) is 0. The van der Waals surface area contributed by atoms with Crippen molar-refractivity contribution in [2.45, 2.75) is 25.8 Å². The van der Waals surface area contributed by atoms with Crippen LogP contribution in [0.2, 0.25) is 5.02 Å². The molecular formula is C22H26Cl2N2O3. The molecule has 5 nitrogen and oxygen atoms in total. The Labute approximate surface area is 182 Å². The Kier molecular flexibility index (Phi) is 7.28. The van der Waals surface area contributed by atoms with Crippen LogP contribution in [0.25, 0.3) is 0 Å². The van der Waals surface area contributed by atoms with Gasteiger partial charge in [-0.05, 0) is 49.7 Å². The molecule has 2 aromatic rings. The number of anilines is 1. The summed E-state index contributed by atoms with van der Waals surface area (Å²) in [7, 11) is 1.63. The summed E-state index contributed by atoms with van der Waals surface area (Å²) in [6.07, 6.45) is 3.85. The first-order chi connectivity index (χ1) is 13.7. The molecule has 2 aliphatic rings. The molecule has 0 aromatic heterocycles. The monoisotopic (exact) mass is 436 g/mol. The normalized spacial score (nSPS) is 16.3. The molecule has 29 heavy (non-hydrogen) atoms. The fourth-order valence-corrected chi connectivity index (χ4v) is 4.21. The van der Waals surface area contributed by atoms with Crippen LogP contribution < -0.4 is 14.4 Å². The van der Waals surface area contributed by atoms with E-state index in [2.05, 4.69) is 4.90 Å². The molecule has 2 aromatic carbocycles. The molecule has 7 heteroatoms. The largest absolute Gasteiger partial charge is 0.493 e. The lowest BCUT2D eigenvalue weighted by molar-refractivity contribution is 0.0996. The Morgan fingerprint density at radius 2 is 1.86 bits per heavy atom. The van der Waals surface area contributed by atoms with Crippen molar-refractivity contribution in [3.8, 4) is 11.5 Å². The first kappa shape index (κ1) is 21.8. The minimum atomic E-state index is -0.0787. The standard InChI is InChI=1S/C22H25ClN2O3.ClH/c1-27-19-9-8-17(14-20(19)28-13-12-24-10-3-2-4-11-24)25-15-16-6-5-7-18(23)21(16)22(25)26;/h5-9,14H,2-4,10-13,15H2,1H3;1H. The number of benzene rings is 2. The highest BCUT2D eigenvalue weighted by Gasteiger charge is 2.31. The number of rotatable bonds is 6. The van der Waals surface area contributed by atoms with Crippen molar-refractivity contribution in [3.05, 3.63) is 52.5 Å². The van der Waals surface area contributed by atoms with Crippen molar-refractivity contribution in [1.82, 2.24) is 4.90 Å². The number of halogens is 2. The fourth-order valence-electron chi connectivity index (χ4n) is 3.94. The van der Waals surface area contributed by atoms with Crippen LogP contribution in [0.15, 0.2) is 36.4 Å². The lowest BCUT2D eigenvalue weighted by Crippen LogP contribution is -2.33. The SMILES string of the molecule is COc1ccc(N2Cc3cccc(Cl)c3C2=O)cc1OCCN1CCCCC1.Cl. The summed E-state index contributed by atoms with van der Waals surface area (Å²) in [5.41, 5.74) is 2.32. The summed E-state index contributed by atoms with van der Waals surface area (Å²) >= 11 is 6.24. The number of ether oxygens (including phenoxy) is 2. The Bertz CT molecular complexity index is 869. The first-order valence-corrected chi connectivity index (χ1v) is 10.2. The van der Waals surface area contributed by atoms with Crippen molar-refractivity contribution < 1.29 is 14.3 Å². The van der Waals surface area contributed by atoms with Crippen LogP contribution in [0, 0.1) is 0 Å². The molecule has 0 spiro atoms. The molecule has 0 aliphatic carbocycles. The lowest BCUT2D eigenvalue weighted by Gasteiger charge is -2.26. The van der Waals surface area contributed by atoms with Gasteiger partial charge in [0, 0.05) is 18.3 Å². The van der Waals surface area contributed by atoms with Crippen LogP contribution in [0.5, 0.6) is 11.5 Å². The molecule has 156 valence electrons. The van der Waals surface area contributed by atoms with E-state index in [9.17, 15) is 4.79 Å². The molecule has 0 N–H and O–H groups in total. The van der Waals surface area contributed by atoms with E-state index in [0.717, 1.165) is 30.9 Å². The van der Waals surface area contributed by atoms with Crippen LogP contribution in [0.4, 0.5) is 5.69 Å². The summed E-state index contributed by atoms with van der Waals surface area (Å²) in [6, 6.07) is 11.2. The molecule has 1 amide bonds. The second-order valence-electron chi connectivity index (χ2n) is 7.25. The molecule has 0 bridgehead atoms. The van der Waals surface area contributed by atoms with Gasteiger partial charge in [-0.15, -0.1) is 12.4 Å². The number of carbonyl (C=O) groups is 1. The number of hydrogen-bond acceptors (Lipinski definition) is 4. The van der Waals surface area contributed by atoms with Gasteiger partial charge < -0.3 is 14.4 Å². The summed E-state index contributed by atoms with van der Waals surface area (Å²) in [5.74, 6) is 1.25. The molecule has 0 atom stereocenters. The molecule has 2 heterocycles. The summed E-state index contributed by atoms with van der Waals surface area (Å²) in [4.78, 5) is 17.0. The number of amides is 1. The van der Waals surface area contributed by atoms with E-state index in [0.29, 0.717) is 35.2 Å². The van der Waals surface area contributed by atoms with Crippen molar-refractivity contribution >= 4 is 35.6 Å². The van der Waals surface area contributed by atoms with Gasteiger partial charge in [-0.2, -0.15) is 0 Å². The first-order valence-electron chi connectivity index (χ1n) is 9.80. The molecule has 4 rings (SSSR count). The third-order valence-corrected chi connectivity index (χ3v) is 5.77. The number of fused-ring (bicyclic) bond motifs is 1. The Morgan fingerprint density at radius 1 is 1.07 bits per heavy atom. The van der Waals surface area contributed by atoms with E-state index in [-0.39, 0.29) is 18.3 Å². The quantitative estimate of drug-likeness (QED) is 0.652. The van der Waals surface area contributed by atoms with Crippen molar-refractivity contribution in [3.63, 3.8) is 0 Å². The van der Waals surface area contributed by atoms with Gasteiger partial charge in [0.05, 0.1) is 24.2 Å². The van der Waals surface area contributed by atoms with E-state index in [4.69, 9.17) is 21.1 Å². The smallest absolute Gasteiger partial charge is 0.260 e. The minimum absolute atomic E-state index is 0. The molecule has 1 saturated heterocycles. The van der Waals surface area contributed by atoms with E-state index in [1.54, 1.807) is 18.1 Å². The molecule has 0 radical (unpaired) electrons. The van der Waals surface area contributed by atoms with Crippen molar-refractivity contribution in [2.24, 2.45) is 0 Å². The maximum Gasteiger partial charge on any atom is 0.260 e. The van der Waals surface area contributed by atoms with Crippen LogP contribution in [0.1, 0.15) is 35.2 Å². The maximum absolute atomic E-state index is 12.9. The third-order valence-electron chi connectivity index (χ3n) is 5.46. The fraction of sp³-hybridized carbons (Fsp3) is 0.409. The van der Waals surface area contributed by atoms with Crippen molar-refractivity contribution in [1.29, 1.82) is 0 Å². The zero-order chi connectivity index (χ0) is 19.5. The van der Waals surface area contributed by atoms with Gasteiger partial charge in [0.25, 0.3) is 5.91 Å². The number of piperidine rings is 1. The van der Waals surface area contributed by atoms with Gasteiger partial charge in [0.2, 0.25) is 0 Å². The van der Waals surface area contributed by atoms with Crippen LogP contribution in [0.3, 0.4) is 0 Å². The summed E-state index contributed by atoms with van der Waals surface area (Å²) in [6.45, 7) is 4.29. The highest BCUT2D eigenvalue weighted by molar-refractivity contribution is 6.35. The van der Waals surface area contributed by atoms with Crippen LogP contribution in [-0.2, 0) is 6.54 Å². The summed E-state index contributed by atoms with van der Waals surface area (Å²) < 4.78 is 11.5. The molecule has 0 saturated carbocycles. The van der Waals surface area contributed by atoms with E-state index in [1.165, 1.54) is 19.3 Å². The van der Waals surface area contributed by atoms with Gasteiger partial charge in [-0.3, -0.25) is 9.69 Å². The summed E-state index contributed by atoms with van der Waals surface area (Å²) in [5, 5.41) is 0.497. The number of carbonyl (C=O) groups excluding carboxylic acids is 1. The number of likely N-dealkylation sites (tertiary alicyclic amines) is 1. The average molecular weight is 437 g/mol. The molecular weight excluding hydrogens is 411 g/mol. The highest BCUT2D eigenvalue weighted by Crippen LogP contribution is 2.37. The van der Waals surface area contributed by atoms with Gasteiger partial charge in [-0.25, -0.2) is 0 Å². The maximum atomic E-state index is 12.9. The Hall–Kier alpha value is -1.95. The van der Waals surface area contributed by atoms with E-state index < -0.39 is 0 Å². The average Bonchev–Trinajstić information content (AvgIpc) is 3.06. The molecule has 1 fully saturated rings. The van der Waals surface area contributed by atoms with Crippen molar-refractivity contribution in [2.75, 3.05) is 38.3 Å². The zero-order valence-corrected chi connectivity index (χ0v) is 18.1. The Balaban J connectivity index is 0.00000240. The number of nitrogens with zero attached hydrogens (tertiary/aromatic N) is 2. The second-order valence-corrected chi connectivity index (χ2v) is 7.66. The van der Waals surface area contributed by atoms with Gasteiger partial charge in [0.1, 0.15) is 6.61 Å². The second kappa shape index (κ2) is 9.70.